The second-order valence-corrected chi connectivity index (χ2v) is 4.57. The molecular weight excluding hydrogens is 307 g/mol. The Kier molecular flexibility index (Phi) is 6.53. The van der Waals surface area contributed by atoms with Gasteiger partial charge in [-0.3, -0.25) is 4.79 Å². The third-order valence-corrected chi connectivity index (χ3v) is 2.59. The van der Waals surface area contributed by atoms with Crippen LogP contribution in [0.1, 0.15) is 24.8 Å². The van der Waals surface area contributed by atoms with Crippen LogP contribution >= 0.6 is 11.6 Å². The molecule has 7 heteroatoms. The normalized spacial score (nSPS) is 10.7. The Balaban J connectivity index is 2.78. The minimum atomic E-state index is -4.37. The number of hydrogen-bond donors (Lipinski definition) is 2. The van der Waals surface area contributed by atoms with E-state index in [4.69, 9.17) is 16.7 Å². The van der Waals surface area contributed by atoms with Crippen LogP contribution in [0.5, 0.6) is 0 Å². The first-order valence-electron chi connectivity index (χ1n) is 6.07. The molecule has 2 N–H and O–H groups in total. The van der Waals surface area contributed by atoms with Crippen molar-refractivity contribution in [2.75, 3.05) is 11.9 Å². The van der Waals surface area contributed by atoms with Gasteiger partial charge in [0.1, 0.15) is 0 Å². The van der Waals surface area contributed by atoms with Crippen LogP contribution in [0.2, 0.25) is 5.02 Å². The summed E-state index contributed by atoms with van der Waals surface area (Å²) in [5.41, 5.74) is 0.674. The zero-order chi connectivity index (χ0) is 15.9. The number of benzene rings is 1. The highest BCUT2D eigenvalue weighted by Gasteiger charge is 2.27. The molecule has 3 nitrogen and oxygen atoms in total. The van der Waals surface area contributed by atoms with Crippen LogP contribution in [0.25, 0.3) is 0 Å². The summed E-state index contributed by atoms with van der Waals surface area (Å²) in [6.45, 7) is -0.110. The Morgan fingerprint density at radius 1 is 1.38 bits per heavy atom. The lowest BCUT2D eigenvalue weighted by Gasteiger charge is -2.09. The molecule has 1 rings (SSSR count). The van der Waals surface area contributed by atoms with Crippen LogP contribution in [-0.2, 0) is 4.79 Å². The van der Waals surface area contributed by atoms with Crippen molar-refractivity contribution in [2.24, 2.45) is 0 Å². The molecule has 0 unspecified atom stereocenters. The maximum atomic E-state index is 12.0. The molecule has 0 saturated heterocycles. The number of aliphatic hydroxyl groups excluding tert-OH is 1. The molecule has 0 aromatic heterocycles. The van der Waals surface area contributed by atoms with E-state index < -0.39 is 24.9 Å². The first-order chi connectivity index (χ1) is 9.81. The minimum absolute atomic E-state index is 0.110. The Morgan fingerprint density at radius 3 is 2.71 bits per heavy atom. The number of halogens is 4. The Bertz CT molecular complexity index is 562. The zero-order valence-corrected chi connectivity index (χ0v) is 11.7. The molecule has 0 radical (unpaired) electrons. The van der Waals surface area contributed by atoms with Crippen LogP contribution in [0.3, 0.4) is 0 Å². The van der Waals surface area contributed by atoms with E-state index in [0.717, 1.165) is 0 Å². The molecule has 21 heavy (non-hydrogen) atoms. The van der Waals surface area contributed by atoms with Gasteiger partial charge in [-0.05, 0) is 18.2 Å². The van der Waals surface area contributed by atoms with E-state index in [0.29, 0.717) is 10.6 Å². The summed E-state index contributed by atoms with van der Waals surface area (Å²) in [5, 5.41) is 11.4. The van der Waals surface area contributed by atoms with Gasteiger partial charge in [0.2, 0.25) is 5.91 Å². The third kappa shape index (κ3) is 7.02. The maximum Gasteiger partial charge on any atom is 0.389 e. The summed E-state index contributed by atoms with van der Waals surface area (Å²) < 4.78 is 36.1. The molecular formula is C14H13ClF3NO2. The predicted octanol–water partition coefficient (Wildman–Crippen LogP) is 3.35. The molecule has 0 heterocycles. The Morgan fingerprint density at radius 2 is 2.10 bits per heavy atom. The Labute approximate surface area is 125 Å². The van der Waals surface area contributed by atoms with Gasteiger partial charge in [-0.25, -0.2) is 0 Å². The van der Waals surface area contributed by atoms with Crippen LogP contribution in [0, 0.1) is 11.8 Å². The number of anilines is 1. The van der Waals surface area contributed by atoms with Gasteiger partial charge < -0.3 is 10.4 Å². The van der Waals surface area contributed by atoms with Crippen molar-refractivity contribution in [1.82, 2.24) is 0 Å². The molecule has 1 aromatic rings. The van der Waals surface area contributed by atoms with Crippen molar-refractivity contribution in [2.45, 2.75) is 25.4 Å². The van der Waals surface area contributed by atoms with Crippen LogP contribution in [0.4, 0.5) is 18.9 Å². The van der Waals surface area contributed by atoms with Gasteiger partial charge >= 0.3 is 6.18 Å². The van der Waals surface area contributed by atoms with Crippen LogP contribution in [-0.4, -0.2) is 23.8 Å². The van der Waals surface area contributed by atoms with Crippen LogP contribution in [0.15, 0.2) is 18.2 Å². The lowest BCUT2D eigenvalue weighted by molar-refractivity contribution is -0.142. The van der Waals surface area contributed by atoms with E-state index in [1.807, 2.05) is 0 Å². The monoisotopic (exact) mass is 319 g/mol. The maximum absolute atomic E-state index is 12.0. The van der Waals surface area contributed by atoms with Gasteiger partial charge in [-0.2, -0.15) is 13.2 Å². The number of alkyl halides is 3. The predicted molar refractivity (Wildman–Crippen MR) is 74.0 cm³/mol. The fourth-order valence-corrected chi connectivity index (χ4v) is 1.58. The van der Waals surface area contributed by atoms with Crippen molar-refractivity contribution in [1.29, 1.82) is 0 Å². The van der Waals surface area contributed by atoms with Gasteiger partial charge in [0, 0.05) is 23.4 Å². The summed E-state index contributed by atoms with van der Waals surface area (Å²) in [6.07, 6.45) is -5.97. The SMILES string of the molecule is O=C(CCC(F)(F)F)Nc1ccc(Cl)cc1C#CCCO. The number of rotatable bonds is 4. The van der Waals surface area contributed by atoms with Gasteiger partial charge in [0.15, 0.2) is 0 Å². The van der Waals surface area contributed by atoms with Gasteiger partial charge in [0.05, 0.1) is 18.7 Å². The molecule has 0 fully saturated rings. The number of aliphatic hydroxyl groups is 1. The van der Waals surface area contributed by atoms with Crippen molar-refractivity contribution < 1.29 is 23.1 Å². The summed E-state index contributed by atoms with van der Waals surface area (Å²) in [7, 11) is 0. The molecule has 0 aliphatic rings. The van der Waals surface area contributed by atoms with Gasteiger partial charge in [-0.1, -0.05) is 23.4 Å². The van der Waals surface area contributed by atoms with Crippen molar-refractivity contribution in [3.63, 3.8) is 0 Å². The second kappa shape index (κ2) is 7.91. The fraction of sp³-hybridized carbons (Fsp3) is 0.357. The second-order valence-electron chi connectivity index (χ2n) is 4.13. The van der Waals surface area contributed by atoms with Gasteiger partial charge in [0.25, 0.3) is 0 Å². The molecule has 1 aromatic carbocycles. The van der Waals surface area contributed by atoms with E-state index in [1.165, 1.54) is 18.2 Å². The van der Waals surface area contributed by atoms with E-state index in [2.05, 4.69) is 17.2 Å². The number of nitrogens with one attached hydrogen (secondary N) is 1. The summed E-state index contributed by atoms with van der Waals surface area (Å²) in [5.74, 6) is 4.61. The fourth-order valence-electron chi connectivity index (χ4n) is 1.41. The molecule has 1 amide bonds. The molecule has 0 spiro atoms. The average molecular weight is 320 g/mol. The molecule has 0 aliphatic carbocycles. The van der Waals surface area contributed by atoms with Crippen LogP contribution < -0.4 is 5.32 Å². The topological polar surface area (TPSA) is 49.3 Å². The highest BCUT2D eigenvalue weighted by molar-refractivity contribution is 6.30. The quantitative estimate of drug-likeness (QED) is 0.836. The van der Waals surface area contributed by atoms with Crippen molar-refractivity contribution >= 4 is 23.2 Å². The van der Waals surface area contributed by atoms with Crippen molar-refractivity contribution in [3.05, 3.63) is 28.8 Å². The molecule has 0 atom stereocenters. The molecule has 0 saturated carbocycles. The lowest BCUT2D eigenvalue weighted by atomic mass is 10.1. The average Bonchev–Trinajstić information content (AvgIpc) is 2.39. The first-order valence-corrected chi connectivity index (χ1v) is 6.45. The number of carbonyl (C=O) groups is 1. The highest BCUT2D eigenvalue weighted by Crippen LogP contribution is 2.23. The first kappa shape index (κ1) is 17.3. The third-order valence-electron chi connectivity index (χ3n) is 2.35. The van der Waals surface area contributed by atoms with E-state index >= 15 is 0 Å². The molecule has 0 aliphatic heterocycles. The zero-order valence-electron chi connectivity index (χ0n) is 10.9. The molecule has 114 valence electrons. The Hall–Kier alpha value is -1.71. The summed E-state index contributed by atoms with van der Waals surface area (Å²) in [6, 6.07) is 4.46. The number of hydrogen-bond acceptors (Lipinski definition) is 2. The smallest absolute Gasteiger partial charge is 0.389 e. The minimum Gasteiger partial charge on any atom is -0.395 e. The highest BCUT2D eigenvalue weighted by atomic mass is 35.5. The van der Waals surface area contributed by atoms with Gasteiger partial charge in [-0.15, -0.1) is 0 Å². The van der Waals surface area contributed by atoms with Crippen molar-refractivity contribution in [3.8, 4) is 11.8 Å². The van der Waals surface area contributed by atoms with E-state index in [1.54, 1.807) is 0 Å². The molecule has 0 bridgehead atoms. The lowest BCUT2D eigenvalue weighted by Crippen LogP contribution is -2.17. The number of amides is 1. The van der Waals surface area contributed by atoms with E-state index in [9.17, 15) is 18.0 Å². The summed E-state index contributed by atoms with van der Waals surface area (Å²) in [4.78, 5) is 11.5. The van der Waals surface area contributed by atoms with E-state index in [-0.39, 0.29) is 18.7 Å². The number of carbonyl (C=O) groups excluding carboxylic acids is 1. The standard InChI is InChI=1S/C14H13ClF3NO2/c15-11-4-5-12(10(9-11)3-1-2-8-20)19-13(21)6-7-14(16,17)18/h4-5,9,20H,2,6-8H2,(H,19,21). The largest absolute Gasteiger partial charge is 0.395 e. The summed E-state index contributed by atoms with van der Waals surface area (Å²) >= 11 is 5.81.